The van der Waals surface area contributed by atoms with Crippen LogP contribution in [-0.4, -0.2) is 4.98 Å². The Bertz CT molecular complexity index is 539. The van der Waals surface area contributed by atoms with E-state index in [1.165, 1.54) is 6.07 Å². The van der Waals surface area contributed by atoms with Gasteiger partial charge in [0, 0.05) is 18.3 Å². The highest BCUT2D eigenvalue weighted by molar-refractivity contribution is 5.61. The molecular weight excluding hydrogens is 215 g/mol. The lowest BCUT2D eigenvalue weighted by Gasteiger charge is -2.16. The van der Waals surface area contributed by atoms with Crippen LogP contribution >= 0.6 is 0 Å². The molecule has 0 fully saturated rings. The standard InChI is InChI=1S/C14H13FN2/c1-9-11-5-2-6-12(15)14(11)17-13(9)10-4-3-7-16-8-10/h2-9,13,17H,1H3. The van der Waals surface area contributed by atoms with E-state index >= 15 is 0 Å². The number of para-hydroxylation sites is 1. The van der Waals surface area contributed by atoms with Gasteiger partial charge in [0.15, 0.2) is 0 Å². The van der Waals surface area contributed by atoms with Gasteiger partial charge in [-0.25, -0.2) is 4.39 Å². The van der Waals surface area contributed by atoms with Crippen molar-refractivity contribution in [1.29, 1.82) is 0 Å². The van der Waals surface area contributed by atoms with E-state index < -0.39 is 0 Å². The average Bonchev–Trinajstić information content (AvgIpc) is 2.70. The Kier molecular flexibility index (Phi) is 2.32. The zero-order valence-electron chi connectivity index (χ0n) is 9.52. The van der Waals surface area contributed by atoms with Crippen LogP contribution in [0.2, 0.25) is 0 Å². The van der Waals surface area contributed by atoms with Crippen molar-refractivity contribution >= 4 is 5.69 Å². The zero-order valence-corrected chi connectivity index (χ0v) is 9.52. The lowest BCUT2D eigenvalue weighted by atomic mass is 9.93. The molecule has 0 amide bonds. The second kappa shape index (κ2) is 3.84. The van der Waals surface area contributed by atoms with Gasteiger partial charge in [-0.3, -0.25) is 4.98 Å². The molecule has 0 saturated heterocycles. The smallest absolute Gasteiger partial charge is 0.146 e. The summed E-state index contributed by atoms with van der Waals surface area (Å²) in [6.07, 6.45) is 3.58. The predicted molar refractivity (Wildman–Crippen MR) is 65.4 cm³/mol. The number of hydrogen-bond acceptors (Lipinski definition) is 2. The van der Waals surface area contributed by atoms with Gasteiger partial charge in [-0.2, -0.15) is 0 Å². The molecule has 2 heterocycles. The maximum Gasteiger partial charge on any atom is 0.146 e. The highest BCUT2D eigenvalue weighted by atomic mass is 19.1. The summed E-state index contributed by atoms with van der Waals surface area (Å²) in [6, 6.07) is 9.26. The van der Waals surface area contributed by atoms with Gasteiger partial charge < -0.3 is 5.32 Å². The van der Waals surface area contributed by atoms with Crippen molar-refractivity contribution < 1.29 is 4.39 Å². The maximum absolute atomic E-state index is 13.7. The first-order valence-electron chi connectivity index (χ1n) is 5.72. The third kappa shape index (κ3) is 1.58. The third-order valence-electron chi connectivity index (χ3n) is 3.38. The highest BCUT2D eigenvalue weighted by Gasteiger charge is 2.31. The Morgan fingerprint density at radius 3 is 2.82 bits per heavy atom. The molecule has 0 saturated carbocycles. The van der Waals surface area contributed by atoms with Crippen LogP contribution in [0, 0.1) is 5.82 Å². The van der Waals surface area contributed by atoms with Gasteiger partial charge in [-0.15, -0.1) is 0 Å². The van der Waals surface area contributed by atoms with E-state index in [2.05, 4.69) is 17.2 Å². The molecule has 1 aromatic carbocycles. The molecule has 3 heteroatoms. The minimum Gasteiger partial charge on any atom is -0.375 e. The molecule has 2 nitrogen and oxygen atoms in total. The quantitative estimate of drug-likeness (QED) is 0.808. The summed E-state index contributed by atoms with van der Waals surface area (Å²) in [7, 11) is 0. The Morgan fingerprint density at radius 2 is 2.12 bits per heavy atom. The molecular formula is C14H13FN2. The minimum atomic E-state index is -0.180. The molecule has 0 bridgehead atoms. The van der Waals surface area contributed by atoms with Crippen LogP contribution in [0.15, 0.2) is 42.7 Å². The van der Waals surface area contributed by atoms with E-state index in [4.69, 9.17) is 0 Å². The molecule has 0 aliphatic carbocycles. The summed E-state index contributed by atoms with van der Waals surface area (Å²) < 4.78 is 13.7. The van der Waals surface area contributed by atoms with Crippen molar-refractivity contribution in [1.82, 2.24) is 4.98 Å². The fraction of sp³-hybridized carbons (Fsp3) is 0.214. The number of nitrogens with one attached hydrogen (secondary N) is 1. The third-order valence-corrected chi connectivity index (χ3v) is 3.38. The lowest BCUT2D eigenvalue weighted by Crippen LogP contribution is -2.09. The molecule has 86 valence electrons. The van der Waals surface area contributed by atoms with E-state index in [1.807, 2.05) is 24.4 Å². The van der Waals surface area contributed by atoms with Crippen LogP contribution in [0.5, 0.6) is 0 Å². The van der Waals surface area contributed by atoms with E-state index in [9.17, 15) is 4.39 Å². The number of rotatable bonds is 1. The Balaban J connectivity index is 2.02. The van der Waals surface area contributed by atoms with E-state index in [0.29, 0.717) is 5.69 Å². The van der Waals surface area contributed by atoms with Gasteiger partial charge in [0.2, 0.25) is 0 Å². The molecule has 1 N–H and O–H groups in total. The summed E-state index contributed by atoms with van der Waals surface area (Å²) in [5, 5.41) is 3.25. The normalized spacial score (nSPS) is 22.0. The number of nitrogens with zero attached hydrogens (tertiary/aromatic N) is 1. The number of anilines is 1. The first-order valence-corrected chi connectivity index (χ1v) is 5.72. The fourth-order valence-electron chi connectivity index (χ4n) is 2.46. The van der Waals surface area contributed by atoms with Gasteiger partial charge in [-0.05, 0) is 23.3 Å². The maximum atomic E-state index is 13.7. The molecule has 0 spiro atoms. The van der Waals surface area contributed by atoms with Crippen LogP contribution in [0.4, 0.5) is 10.1 Å². The number of halogens is 1. The molecule has 0 radical (unpaired) electrons. The van der Waals surface area contributed by atoms with Gasteiger partial charge in [0.25, 0.3) is 0 Å². The molecule has 1 aromatic heterocycles. The van der Waals surface area contributed by atoms with Crippen molar-refractivity contribution in [3.05, 3.63) is 59.7 Å². The summed E-state index contributed by atoms with van der Waals surface area (Å²) in [5.41, 5.74) is 2.77. The predicted octanol–water partition coefficient (Wildman–Crippen LogP) is 3.49. The first kappa shape index (κ1) is 10.3. The Labute approximate surface area is 99.5 Å². The topological polar surface area (TPSA) is 24.9 Å². The monoisotopic (exact) mass is 228 g/mol. The zero-order chi connectivity index (χ0) is 11.8. The van der Waals surface area contributed by atoms with Crippen molar-refractivity contribution in [3.63, 3.8) is 0 Å². The number of fused-ring (bicyclic) bond motifs is 1. The van der Waals surface area contributed by atoms with Crippen LogP contribution in [0.1, 0.15) is 30.0 Å². The van der Waals surface area contributed by atoms with Crippen LogP contribution < -0.4 is 5.32 Å². The average molecular weight is 228 g/mol. The fourth-order valence-corrected chi connectivity index (χ4v) is 2.46. The van der Waals surface area contributed by atoms with Gasteiger partial charge in [0.1, 0.15) is 5.82 Å². The van der Waals surface area contributed by atoms with Gasteiger partial charge in [0.05, 0.1) is 11.7 Å². The molecule has 2 aromatic rings. The van der Waals surface area contributed by atoms with Crippen LogP contribution in [0.25, 0.3) is 0 Å². The highest BCUT2D eigenvalue weighted by Crippen LogP contribution is 2.44. The van der Waals surface area contributed by atoms with Crippen molar-refractivity contribution in [3.8, 4) is 0 Å². The number of benzene rings is 1. The molecule has 3 rings (SSSR count). The molecule has 2 unspecified atom stereocenters. The Hall–Kier alpha value is -1.90. The van der Waals surface area contributed by atoms with Crippen LogP contribution in [-0.2, 0) is 0 Å². The number of hydrogen-bond donors (Lipinski definition) is 1. The van der Waals surface area contributed by atoms with Gasteiger partial charge >= 0.3 is 0 Å². The minimum absolute atomic E-state index is 0.107. The SMILES string of the molecule is CC1c2cccc(F)c2NC1c1cccnc1. The first-order chi connectivity index (χ1) is 8.27. The second-order valence-electron chi connectivity index (χ2n) is 4.40. The summed E-state index contributed by atoms with van der Waals surface area (Å²) in [4.78, 5) is 4.12. The number of aromatic nitrogens is 1. The molecule has 17 heavy (non-hydrogen) atoms. The molecule has 2 atom stereocenters. The Morgan fingerprint density at radius 1 is 1.24 bits per heavy atom. The van der Waals surface area contributed by atoms with Crippen LogP contribution in [0.3, 0.4) is 0 Å². The van der Waals surface area contributed by atoms with E-state index in [1.54, 1.807) is 12.3 Å². The largest absolute Gasteiger partial charge is 0.375 e. The number of pyridine rings is 1. The van der Waals surface area contributed by atoms with E-state index in [0.717, 1.165) is 11.1 Å². The lowest BCUT2D eigenvalue weighted by molar-refractivity contribution is 0.630. The van der Waals surface area contributed by atoms with Crippen molar-refractivity contribution in [2.75, 3.05) is 5.32 Å². The summed E-state index contributed by atoms with van der Waals surface area (Å²) in [6.45, 7) is 2.11. The van der Waals surface area contributed by atoms with Gasteiger partial charge in [-0.1, -0.05) is 25.1 Å². The van der Waals surface area contributed by atoms with Crippen molar-refractivity contribution in [2.24, 2.45) is 0 Å². The molecule has 1 aliphatic heterocycles. The van der Waals surface area contributed by atoms with E-state index in [-0.39, 0.29) is 17.8 Å². The summed E-state index contributed by atoms with van der Waals surface area (Å²) >= 11 is 0. The second-order valence-corrected chi connectivity index (χ2v) is 4.40. The molecule has 1 aliphatic rings. The van der Waals surface area contributed by atoms with Crippen molar-refractivity contribution in [2.45, 2.75) is 18.9 Å². The summed E-state index contributed by atoms with van der Waals surface area (Å²) in [5.74, 6) is 0.0747.